The van der Waals surface area contributed by atoms with Crippen LogP contribution in [0.3, 0.4) is 0 Å². The molecule has 0 spiro atoms. The number of benzene rings is 1. The van der Waals surface area contributed by atoms with Gasteiger partial charge in [-0.2, -0.15) is 0 Å². The van der Waals surface area contributed by atoms with Crippen LogP contribution in [-0.2, 0) is 13.1 Å². The highest BCUT2D eigenvalue weighted by molar-refractivity contribution is 6.31. The number of hydrogen-bond donors (Lipinski definition) is 1. The van der Waals surface area contributed by atoms with Gasteiger partial charge in [0, 0.05) is 11.6 Å². The Balaban J connectivity index is 1.84. The molecule has 0 saturated heterocycles. The van der Waals surface area contributed by atoms with Crippen molar-refractivity contribution in [2.24, 2.45) is 5.92 Å². The average Bonchev–Trinajstić information content (AvgIpc) is 3.14. The van der Waals surface area contributed by atoms with Crippen molar-refractivity contribution in [3.05, 3.63) is 29.0 Å². The van der Waals surface area contributed by atoms with E-state index in [4.69, 9.17) is 16.6 Å². The zero-order valence-corrected chi connectivity index (χ0v) is 12.1. The highest BCUT2D eigenvalue weighted by Gasteiger charge is 2.20. The van der Waals surface area contributed by atoms with Crippen molar-refractivity contribution in [3.63, 3.8) is 0 Å². The number of imidazole rings is 1. The maximum absolute atomic E-state index is 6.05. The van der Waals surface area contributed by atoms with Gasteiger partial charge in [-0.15, -0.1) is 0 Å². The summed E-state index contributed by atoms with van der Waals surface area (Å²) in [5, 5.41) is 4.28. The highest BCUT2D eigenvalue weighted by atomic mass is 35.5. The second-order valence-electron chi connectivity index (χ2n) is 5.39. The van der Waals surface area contributed by atoms with Gasteiger partial charge in [-0.25, -0.2) is 4.98 Å². The molecule has 0 bridgehead atoms. The summed E-state index contributed by atoms with van der Waals surface area (Å²) in [6, 6.07) is 5.97. The lowest BCUT2D eigenvalue weighted by molar-refractivity contribution is 0.579. The molecule has 1 aromatic heterocycles. The molecule has 1 aliphatic carbocycles. The van der Waals surface area contributed by atoms with Crippen molar-refractivity contribution in [1.29, 1.82) is 0 Å². The van der Waals surface area contributed by atoms with Crippen molar-refractivity contribution in [3.8, 4) is 0 Å². The Morgan fingerprint density at radius 1 is 1.42 bits per heavy atom. The summed E-state index contributed by atoms with van der Waals surface area (Å²) in [5.74, 6) is 2.03. The molecule has 19 heavy (non-hydrogen) atoms. The van der Waals surface area contributed by atoms with Crippen LogP contribution in [0.2, 0.25) is 5.02 Å². The van der Waals surface area contributed by atoms with E-state index in [1.807, 2.05) is 12.1 Å². The molecule has 0 amide bonds. The third kappa shape index (κ3) is 2.93. The fraction of sp³-hybridized carbons (Fsp3) is 0.533. The average molecular weight is 278 g/mol. The Morgan fingerprint density at radius 3 is 3.00 bits per heavy atom. The van der Waals surface area contributed by atoms with Crippen molar-refractivity contribution in [2.75, 3.05) is 6.54 Å². The van der Waals surface area contributed by atoms with Gasteiger partial charge < -0.3 is 9.88 Å². The van der Waals surface area contributed by atoms with Crippen LogP contribution in [0.15, 0.2) is 18.2 Å². The number of nitrogens with one attached hydrogen (secondary N) is 1. The van der Waals surface area contributed by atoms with Crippen molar-refractivity contribution < 1.29 is 0 Å². The predicted octanol–water partition coefficient (Wildman–Crippen LogP) is 3.60. The minimum absolute atomic E-state index is 0.756. The second kappa shape index (κ2) is 5.51. The van der Waals surface area contributed by atoms with Gasteiger partial charge in [0.15, 0.2) is 0 Å². The fourth-order valence-electron chi connectivity index (χ4n) is 2.47. The van der Waals surface area contributed by atoms with Gasteiger partial charge in [0.05, 0.1) is 17.6 Å². The molecule has 1 fully saturated rings. The number of hydrogen-bond acceptors (Lipinski definition) is 2. The van der Waals surface area contributed by atoms with E-state index in [0.717, 1.165) is 48.3 Å². The molecular weight excluding hydrogens is 258 g/mol. The summed E-state index contributed by atoms with van der Waals surface area (Å²) < 4.78 is 2.31. The van der Waals surface area contributed by atoms with Crippen LogP contribution in [0, 0.1) is 5.92 Å². The van der Waals surface area contributed by atoms with E-state index in [1.54, 1.807) is 0 Å². The van der Waals surface area contributed by atoms with Gasteiger partial charge in [0.1, 0.15) is 5.82 Å². The van der Waals surface area contributed by atoms with Gasteiger partial charge >= 0.3 is 0 Å². The first kappa shape index (κ1) is 12.9. The molecule has 0 aliphatic heterocycles. The Kier molecular flexibility index (Phi) is 3.76. The van der Waals surface area contributed by atoms with E-state index >= 15 is 0 Å². The number of nitrogens with zero attached hydrogens (tertiary/aromatic N) is 2. The first-order chi connectivity index (χ1) is 9.28. The Hall–Kier alpha value is -1.06. The number of fused-ring (bicyclic) bond motifs is 1. The lowest BCUT2D eigenvalue weighted by atomic mass is 10.3. The molecule has 102 valence electrons. The van der Waals surface area contributed by atoms with Gasteiger partial charge in [0.2, 0.25) is 0 Å². The molecular formula is C15H20ClN3. The molecule has 4 heteroatoms. The molecule has 3 nitrogen and oxygen atoms in total. The predicted molar refractivity (Wildman–Crippen MR) is 79.5 cm³/mol. The van der Waals surface area contributed by atoms with Gasteiger partial charge in [-0.05, 0) is 49.9 Å². The molecule has 1 saturated carbocycles. The molecule has 0 radical (unpaired) electrons. The van der Waals surface area contributed by atoms with Crippen molar-refractivity contribution in [2.45, 2.75) is 39.3 Å². The topological polar surface area (TPSA) is 29.9 Å². The third-order valence-electron chi connectivity index (χ3n) is 3.65. The van der Waals surface area contributed by atoms with Crippen LogP contribution in [0.25, 0.3) is 11.0 Å². The van der Waals surface area contributed by atoms with Crippen molar-refractivity contribution in [1.82, 2.24) is 14.9 Å². The van der Waals surface area contributed by atoms with Crippen LogP contribution in [-0.4, -0.2) is 16.1 Å². The lowest BCUT2D eigenvalue weighted by Gasteiger charge is -2.08. The molecule has 1 aliphatic rings. The fourth-order valence-corrected chi connectivity index (χ4v) is 2.64. The summed E-state index contributed by atoms with van der Waals surface area (Å²) in [7, 11) is 0. The van der Waals surface area contributed by atoms with Crippen LogP contribution < -0.4 is 5.32 Å². The van der Waals surface area contributed by atoms with Crippen LogP contribution in [0.4, 0.5) is 0 Å². The minimum atomic E-state index is 0.756. The first-order valence-electron chi connectivity index (χ1n) is 7.13. The van der Waals surface area contributed by atoms with Gasteiger partial charge in [0.25, 0.3) is 0 Å². The minimum Gasteiger partial charge on any atom is -0.327 e. The van der Waals surface area contributed by atoms with E-state index in [0.29, 0.717) is 0 Å². The van der Waals surface area contributed by atoms with E-state index in [-0.39, 0.29) is 0 Å². The zero-order chi connectivity index (χ0) is 13.2. The van der Waals surface area contributed by atoms with E-state index < -0.39 is 0 Å². The standard InChI is InChI=1S/C15H20ClN3/c1-2-7-19-14-6-5-12(16)8-13(14)18-15(19)10-17-9-11-3-4-11/h5-6,8,11,17H,2-4,7,9-10H2,1H3. The zero-order valence-electron chi connectivity index (χ0n) is 11.3. The van der Waals surface area contributed by atoms with Crippen LogP contribution in [0.5, 0.6) is 0 Å². The normalized spacial score (nSPS) is 15.3. The Bertz CT molecular complexity index is 572. The monoisotopic (exact) mass is 277 g/mol. The van der Waals surface area contributed by atoms with E-state index in [2.05, 4.69) is 22.9 Å². The van der Waals surface area contributed by atoms with Crippen LogP contribution in [0.1, 0.15) is 32.0 Å². The Labute approximate surface area is 119 Å². The molecule has 2 aromatic rings. The summed E-state index contributed by atoms with van der Waals surface area (Å²) in [6.07, 6.45) is 3.88. The van der Waals surface area contributed by atoms with Crippen LogP contribution >= 0.6 is 11.6 Å². The number of aromatic nitrogens is 2. The molecule has 1 heterocycles. The van der Waals surface area contributed by atoms with Gasteiger partial charge in [-0.1, -0.05) is 18.5 Å². The summed E-state index contributed by atoms with van der Waals surface area (Å²) in [4.78, 5) is 4.73. The van der Waals surface area contributed by atoms with Gasteiger partial charge in [-0.3, -0.25) is 0 Å². The maximum Gasteiger partial charge on any atom is 0.123 e. The maximum atomic E-state index is 6.05. The molecule has 0 unspecified atom stereocenters. The Morgan fingerprint density at radius 2 is 2.26 bits per heavy atom. The lowest BCUT2D eigenvalue weighted by Crippen LogP contribution is -2.19. The van der Waals surface area contributed by atoms with E-state index in [9.17, 15) is 0 Å². The van der Waals surface area contributed by atoms with Crippen molar-refractivity contribution >= 4 is 22.6 Å². The quantitative estimate of drug-likeness (QED) is 0.874. The number of rotatable bonds is 6. The summed E-state index contributed by atoms with van der Waals surface area (Å²) in [5.41, 5.74) is 2.19. The second-order valence-corrected chi connectivity index (χ2v) is 5.82. The largest absolute Gasteiger partial charge is 0.327 e. The number of aryl methyl sites for hydroxylation is 1. The molecule has 1 N–H and O–H groups in total. The third-order valence-corrected chi connectivity index (χ3v) is 3.88. The first-order valence-corrected chi connectivity index (χ1v) is 7.51. The number of halogens is 1. The highest BCUT2D eigenvalue weighted by Crippen LogP contribution is 2.27. The molecule has 0 atom stereocenters. The summed E-state index contributed by atoms with van der Waals surface area (Å²) in [6.45, 7) is 5.18. The van der Waals surface area contributed by atoms with E-state index in [1.165, 1.54) is 18.4 Å². The summed E-state index contributed by atoms with van der Waals surface area (Å²) >= 11 is 6.05. The molecule has 3 rings (SSSR count). The smallest absolute Gasteiger partial charge is 0.123 e. The molecule has 1 aromatic carbocycles. The SMILES string of the molecule is CCCn1c(CNCC2CC2)nc2cc(Cl)ccc21.